The van der Waals surface area contributed by atoms with Crippen LogP contribution in [0.5, 0.6) is 5.75 Å². The average molecular weight is 629 g/mol. The Hall–Kier alpha value is -3.97. The molecular weight excluding hydrogens is 587 g/mol. The first-order valence-electron chi connectivity index (χ1n) is 13.7. The molecule has 0 aliphatic heterocycles. The van der Waals surface area contributed by atoms with Gasteiger partial charge in [0.25, 0.3) is 0 Å². The quantitative estimate of drug-likeness (QED) is 0.146. The highest BCUT2D eigenvalue weighted by Gasteiger charge is 2.35. The summed E-state index contributed by atoms with van der Waals surface area (Å²) in [6, 6.07) is 1.93. The molecule has 1 aromatic rings. The minimum atomic E-state index is -4.56. The van der Waals surface area contributed by atoms with E-state index < -0.39 is 68.0 Å². The molecule has 3 atom stereocenters. The SMILES string of the molecule is CCCCC(NC(=O)C(N)Cc1ccc(OP(=O)(OC(C)=O)OC(C)=O)cc1)C(=O)NC(CC(=O)NCC(C)C)C(=O)O. The topological polar surface area (TPSA) is 230 Å². The van der Waals surface area contributed by atoms with E-state index in [1.807, 2.05) is 20.8 Å². The Kier molecular flexibility index (Phi) is 15.4. The van der Waals surface area contributed by atoms with Crippen LogP contribution in [0.15, 0.2) is 24.3 Å². The van der Waals surface area contributed by atoms with Gasteiger partial charge in [0, 0.05) is 20.4 Å². The first kappa shape index (κ1) is 37.1. The number of aliphatic carboxylic acids is 1. The molecule has 0 saturated carbocycles. The molecule has 0 radical (unpaired) electrons. The number of hydrogen-bond acceptors (Lipinski definition) is 11. The molecule has 0 heterocycles. The number of carbonyl (C=O) groups excluding carboxylic acids is 5. The van der Waals surface area contributed by atoms with Crippen molar-refractivity contribution in [1.29, 1.82) is 0 Å². The fourth-order valence-electron chi connectivity index (χ4n) is 3.54. The van der Waals surface area contributed by atoms with E-state index in [2.05, 4.69) is 25.0 Å². The number of carboxylic acid groups (broad SMARTS) is 1. The normalized spacial score (nSPS) is 13.2. The highest BCUT2D eigenvalue weighted by molar-refractivity contribution is 7.50. The van der Waals surface area contributed by atoms with E-state index in [1.54, 1.807) is 0 Å². The number of phosphoric ester groups is 1. The van der Waals surface area contributed by atoms with Crippen molar-refractivity contribution in [2.75, 3.05) is 6.54 Å². The maximum atomic E-state index is 13.0. The van der Waals surface area contributed by atoms with Crippen LogP contribution in [0.2, 0.25) is 0 Å². The minimum Gasteiger partial charge on any atom is -0.480 e. The molecule has 6 N–H and O–H groups in total. The number of carbonyl (C=O) groups is 6. The van der Waals surface area contributed by atoms with Gasteiger partial charge in [-0.2, -0.15) is 4.57 Å². The summed E-state index contributed by atoms with van der Waals surface area (Å²) in [7, 11) is -4.56. The standard InChI is InChI=1S/C27H41N4O11P/c1-6-7-8-22(26(36)31-23(27(37)38)14-24(34)29-15-16(2)3)30-25(35)21(28)13-19-9-11-20(12-10-19)42-43(39,40-17(4)32)41-18(5)33/h9-12,16,21-23H,6-8,13-15,28H2,1-5H3,(H,29,34)(H,30,35)(H,31,36)(H,37,38). The Bertz CT molecular complexity index is 1170. The van der Waals surface area contributed by atoms with Crippen LogP contribution in [0.1, 0.15) is 65.9 Å². The lowest BCUT2D eigenvalue weighted by Gasteiger charge is -2.23. The fourth-order valence-corrected chi connectivity index (χ4v) is 4.66. The van der Waals surface area contributed by atoms with Gasteiger partial charge in [0.05, 0.1) is 12.5 Å². The molecule has 0 saturated heterocycles. The Morgan fingerprint density at radius 3 is 1.98 bits per heavy atom. The number of amides is 3. The molecule has 0 fully saturated rings. The summed E-state index contributed by atoms with van der Waals surface area (Å²) in [5.41, 5.74) is 6.61. The van der Waals surface area contributed by atoms with E-state index in [1.165, 1.54) is 24.3 Å². The number of rotatable bonds is 18. The van der Waals surface area contributed by atoms with E-state index in [4.69, 9.17) is 10.3 Å². The van der Waals surface area contributed by atoms with Gasteiger partial charge in [-0.05, 0) is 36.5 Å². The van der Waals surface area contributed by atoms with Crippen molar-refractivity contribution in [3.63, 3.8) is 0 Å². The molecular formula is C27H41N4O11P. The zero-order valence-corrected chi connectivity index (χ0v) is 25.8. The average Bonchev–Trinajstić information content (AvgIpc) is 2.89. The zero-order chi connectivity index (χ0) is 32.7. The number of nitrogens with one attached hydrogen (secondary N) is 3. The Morgan fingerprint density at radius 2 is 1.49 bits per heavy atom. The highest BCUT2D eigenvalue weighted by Crippen LogP contribution is 2.49. The van der Waals surface area contributed by atoms with Crippen molar-refractivity contribution in [2.24, 2.45) is 11.7 Å². The van der Waals surface area contributed by atoms with Gasteiger partial charge in [-0.25, -0.2) is 4.79 Å². The molecule has 43 heavy (non-hydrogen) atoms. The summed E-state index contributed by atoms with van der Waals surface area (Å²) in [6.07, 6.45) is 0.990. The molecule has 1 aromatic carbocycles. The molecule has 1 rings (SSSR count). The molecule has 16 heteroatoms. The van der Waals surface area contributed by atoms with Crippen LogP contribution < -0.4 is 26.2 Å². The number of phosphoric acid groups is 1. The first-order chi connectivity index (χ1) is 20.0. The molecule has 3 amide bonds. The van der Waals surface area contributed by atoms with Crippen LogP contribution in [0, 0.1) is 5.92 Å². The van der Waals surface area contributed by atoms with Crippen molar-refractivity contribution < 1.29 is 52.0 Å². The molecule has 0 bridgehead atoms. The van der Waals surface area contributed by atoms with Crippen molar-refractivity contribution in [3.8, 4) is 5.75 Å². The summed E-state index contributed by atoms with van der Waals surface area (Å²) in [6.45, 7) is 7.92. The second kappa shape index (κ2) is 17.9. The van der Waals surface area contributed by atoms with Gasteiger partial charge < -0.3 is 40.4 Å². The lowest BCUT2D eigenvalue weighted by atomic mass is 10.0. The summed E-state index contributed by atoms with van der Waals surface area (Å²) in [5.74, 6) is -5.25. The summed E-state index contributed by atoms with van der Waals surface area (Å²) in [5, 5.41) is 17.0. The number of hydrogen-bond donors (Lipinski definition) is 5. The predicted molar refractivity (Wildman–Crippen MR) is 153 cm³/mol. The third-order valence-corrected chi connectivity index (χ3v) is 7.00. The second-order valence-corrected chi connectivity index (χ2v) is 11.6. The lowest BCUT2D eigenvalue weighted by molar-refractivity contribution is -0.144. The van der Waals surface area contributed by atoms with Gasteiger partial charge in [-0.1, -0.05) is 45.7 Å². The minimum absolute atomic E-state index is 0.00750. The maximum absolute atomic E-state index is 13.0. The van der Waals surface area contributed by atoms with E-state index in [0.717, 1.165) is 13.8 Å². The van der Waals surface area contributed by atoms with Crippen molar-refractivity contribution >= 4 is 43.5 Å². The first-order valence-corrected chi connectivity index (χ1v) is 15.2. The Labute approximate surface area is 250 Å². The van der Waals surface area contributed by atoms with Gasteiger partial charge in [0.1, 0.15) is 17.8 Å². The monoisotopic (exact) mass is 628 g/mol. The maximum Gasteiger partial charge on any atom is 0.651 e. The largest absolute Gasteiger partial charge is 0.651 e. The van der Waals surface area contributed by atoms with Crippen molar-refractivity contribution in [2.45, 2.75) is 84.8 Å². The van der Waals surface area contributed by atoms with Crippen LogP contribution in [0.3, 0.4) is 0 Å². The van der Waals surface area contributed by atoms with Gasteiger partial charge in [0.2, 0.25) is 17.7 Å². The Balaban J connectivity index is 2.88. The van der Waals surface area contributed by atoms with Gasteiger partial charge in [0.15, 0.2) is 0 Å². The third-order valence-electron chi connectivity index (χ3n) is 5.60. The van der Waals surface area contributed by atoms with Crippen LogP contribution in [-0.2, 0) is 48.8 Å². The van der Waals surface area contributed by atoms with Crippen LogP contribution in [0.25, 0.3) is 0 Å². The molecule has 3 unspecified atom stereocenters. The van der Waals surface area contributed by atoms with Crippen LogP contribution in [0.4, 0.5) is 0 Å². The number of nitrogens with two attached hydrogens (primary N) is 1. The molecule has 0 aliphatic rings. The van der Waals surface area contributed by atoms with Crippen molar-refractivity contribution in [3.05, 3.63) is 29.8 Å². The van der Waals surface area contributed by atoms with Gasteiger partial charge in [-0.15, -0.1) is 0 Å². The van der Waals surface area contributed by atoms with E-state index in [0.29, 0.717) is 24.9 Å². The molecule has 0 aliphatic carbocycles. The van der Waals surface area contributed by atoms with Crippen molar-refractivity contribution in [1.82, 2.24) is 16.0 Å². The Morgan fingerprint density at radius 1 is 0.930 bits per heavy atom. The zero-order valence-electron chi connectivity index (χ0n) is 24.9. The fraction of sp³-hybridized carbons (Fsp3) is 0.556. The van der Waals surface area contributed by atoms with Crippen LogP contribution in [-0.4, -0.2) is 65.4 Å². The van der Waals surface area contributed by atoms with Crippen LogP contribution >= 0.6 is 7.82 Å². The van der Waals surface area contributed by atoms with E-state index in [9.17, 15) is 38.4 Å². The summed E-state index contributed by atoms with van der Waals surface area (Å²) >= 11 is 0. The smallest absolute Gasteiger partial charge is 0.480 e. The predicted octanol–water partition coefficient (Wildman–Crippen LogP) is 1.58. The van der Waals surface area contributed by atoms with E-state index >= 15 is 0 Å². The number of unbranched alkanes of at least 4 members (excludes halogenated alkanes) is 1. The van der Waals surface area contributed by atoms with E-state index in [-0.39, 0.29) is 24.5 Å². The lowest BCUT2D eigenvalue weighted by Crippen LogP contribution is -2.55. The number of carboxylic acids is 1. The summed E-state index contributed by atoms with van der Waals surface area (Å²) < 4.78 is 26.7. The summed E-state index contributed by atoms with van der Waals surface area (Å²) in [4.78, 5) is 72.1. The third kappa shape index (κ3) is 14.7. The molecule has 240 valence electrons. The second-order valence-electron chi connectivity index (χ2n) is 10.2. The molecule has 15 nitrogen and oxygen atoms in total. The molecule has 0 spiro atoms. The molecule has 0 aromatic heterocycles. The highest BCUT2D eigenvalue weighted by atomic mass is 31.2. The van der Waals surface area contributed by atoms with Gasteiger partial charge in [-0.3, -0.25) is 24.0 Å². The number of benzene rings is 1. The van der Waals surface area contributed by atoms with Gasteiger partial charge >= 0.3 is 25.7 Å².